The topological polar surface area (TPSA) is 43.7 Å². The Kier molecular flexibility index (Phi) is 5.84. The van der Waals surface area contributed by atoms with E-state index in [0.717, 1.165) is 0 Å². The number of hydrogen-bond donors (Lipinski definition) is 2. The SMILES string of the molecule is CCCN(Cc1ccccc1B(O)O)CC(F)(F)F. The smallest absolute Gasteiger partial charge is 0.423 e. The molecule has 0 aliphatic carbocycles. The van der Waals surface area contributed by atoms with Crippen molar-refractivity contribution >= 4 is 12.6 Å². The second-order valence-electron chi connectivity index (χ2n) is 4.40. The average molecular weight is 275 g/mol. The summed E-state index contributed by atoms with van der Waals surface area (Å²) in [7, 11) is -1.68. The molecule has 0 aliphatic rings. The number of rotatable bonds is 6. The summed E-state index contributed by atoms with van der Waals surface area (Å²) in [6.07, 6.45) is -3.66. The molecule has 0 fully saturated rings. The van der Waals surface area contributed by atoms with Gasteiger partial charge >= 0.3 is 13.3 Å². The number of alkyl halides is 3. The molecule has 0 saturated carbocycles. The zero-order valence-electron chi connectivity index (χ0n) is 10.7. The molecule has 0 unspecified atom stereocenters. The molecule has 19 heavy (non-hydrogen) atoms. The first kappa shape index (κ1) is 16.0. The predicted molar refractivity (Wildman–Crippen MR) is 67.9 cm³/mol. The van der Waals surface area contributed by atoms with E-state index in [4.69, 9.17) is 0 Å². The fraction of sp³-hybridized carbons (Fsp3) is 0.500. The Morgan fingerprint density at radius 3 is 2.37 bits per heavy atom. The highest BCUT2D eigenvalue weighted by Crippen LogP contribution is 2.18. The molecule has 1 rings (SSSR count). The molecule has 0 heterocycles. The highest BCUT2D eigenvalue weighted by atomic mass is 19.4. The van der Waals surface area contributed by atoms with Crippen LogP contribution in [0, 0.1) is 0 Å². The highest BCUT2D eigenvalue weighted by molar-refractivity contribution is 6.59. The van der Waals surface area contributed by atoms with Crippen molar-refractivity contribution in [1.82, 2.24) is 4.90 Å². The fourth-order valence-corrected chi connectivity index (χ4v) is 1.95. The maximum Gasteiger partial charge on any atom is 0.488 e. The minimum absolute atomic E-state index is 0.0428. The Morgan fingerprint density at radius 2 is 1.84 bits per heavy atom. The average Bonchev–Trinajstić information content (AvgIpc) is 2.27. The number of hydrogen-bond acceptors (Lipinski definition) is 3. The summed E-state index contributed by atoms with van der Waals surface area (Å²) >= 11 is 0. The van der Waals surface area contributed by atoms with Crippen LogP contribution in [-0.4, -0.2) is 41.3 Å². The molecule has 2 N–H and O–H groups in total. The Morgan fingerprint density at radius 1 is 1.21 bits per heavy atom. The summed E-state index contributed by atoms with van der Waals surface area (Å²) in [6, 6.07) is 6.39. The van der Waals surface area contributed by atoms with Crippen molar-refractivity contribution in [2.24, 2.45) is 0 Å². The Labute approximate surface area is 110 Å². The number of benzene rings is 1. The number of halogens is 3. The van der Waals surface area contributed by atoms with Gasteiger partial charge in [-0.3, -0.25) is 4.90 Å². The first-order valence-corrected chi connectivity index (χ1v) is 6.06. The summed E-state index contributed by atoms with van der Waals surface area (Å²) in [6.45, 7) is 1.14. The molecule has 0 bridgehead atoms. The quantitative estimate of drug-likeness (QED) is 0.765. The third-order valence-electron chi connectivity index (χ3n) is 2.67. The van der Waals surface area contributed by atoms with Crippen molar-refractivity contribution in [2.45, 2.75) is 26.1 Å². The van der Waals surface area contributed by atoms with Crippen LogP contribution in [0.1, 0.15) is 18.9 Å². The molecule has 0 aromatic heterocycles. The molecule has 0 aliphatic heterocycles. The van der Waals surface area contributed by atoms with Crippen LogP contribution in [0.15, 0.2) is 24.3 Å². The summed E-state index contributed by atoms with van der Waals surface area (Å²) in [5.74, 6) is 0. The van der Waals surface area contributed by atoms with Crippen molar-refractivity contribution in [2.75, 3.05) is 13.1 Å². The molecular weight excluding hydrogens is 258 g/mol. The van der Waals surface area contributed by atoms with Crippen LogP contribution >= 0.6 is 0 Å². The molecule has 1 aromatic rings. The van der Waals surface area contributed by atoms with E-state index < -0.39 is 19.8 Å². The summed E-state index contributed by atoms with van der Waals surface area (Å²) in [5, 5.41) is 18.4. The van der Waals surface area contributed by atoms with Crippen molar-refractivity contribution in [3.8, 4) is 0 Å². The van der Waals surface area contributed by atoms with Gasteiger partial charge in [0.05, 0.1) is 6.54 Å². The Hall–Kier alpha value is -1.05. The molecular formula is C12H17BF3NO2. The summed E-state index contributed by atoms with van der Waals surface area (Å²) in [4.78, 5) is 1.25. The van der Waals surface area contributed by atoms with Gasteiger partial charge in [-0.05, 0) is 24.0 Å². The second kappa shape index (κ2) is 6.93. The summed E-state index contributed by atoms with van der Waals surface area (Å²) < 4.78 is 37.4. The molecule has 0 radical (unpaired) electrons. The van der Waals surface area contributed by atoms with Gasteiger partial charge in [-0.25, -0.2) is 0 Å². The third kappa shape index (κ3) is 5.63. The van der Waals surface area contributed by atoms with Crippen LogP contribution in [0.5, 0.6) is 0 Å². The molecule has 0 spiro atoms. The van der Waals surface area contributed by atoms with E-state index in [1.165, 1.54) is 11.0 Å². The highest BCUT2D eigenvalue weighted by Gasteiger charge is 2.30. The first-order valence-electron chi connectivity index (χ1n) is 6.06. The lowest BCUT2D eigenvalue weighted by Crippen LogP contribution is -2.39. The van der Waals surface area contributed by atoms with Gasteiger partial charge in [-0.2, -0.15) is 13.2 Å². The molecule has 3 nitrogen and oxygen atoms in total. The largest absolute Gasteiger partial charge is 0.488 e. The van der Waals surface area contributed by atoms with E-state index in [9.17, 15) is 23.2 Å². The third-order valence-corrected chi connectivity index (χ3v) is 2.67. The van der Waals surface area contributed by atoms with E-state index in [2.05, 4.69) is 0 Å². The molecule has 106 valence electrons. The lowest BCUT2D eigenvalue weighted by atomic mass is 9.77. The van der Waals surface area contributed by atoms with Crippen LogP contribution in [0.2, 0.25) is 0 Å². The van der Waals surface area contributed by atoms with Gasteiger partial charge in [0.2, 0.25) is 0 Å². The van der Waals surface area contributed by atoms with Crippen LogP contribution in [0.3, 0.4) is 0 Å². The van der Waals surface area contributed by atoms with Crippen molar-refractivity contribution in [3.63, 3.8) is 0 Å². The molecule has 7 heteroatoms. The van der Waals surface area contributed by atoms with Crippen molar-refractivity contribution in [3.05, 3.63) is 29.8 Å². The second-order valence-corrected chi connectivity index (χ2v) is 4.40. The minimum atomic E-state index is -4.26. The van der Waals surface area contributed by atoms with Crippen LogP contribution < -0.4 is 5.46 Å². The zero-order valence-corrected chi connectivity index (χ0v) is 10.7. The lowest BCUT2D eigenvalue weighted by Gasteiger charge is -2.24. The normalized spacial score (nSPS) is 11.9. The molecule has 0 amide bonds. The van der Waals surface area contributed by atoms with Gasteiger partial charge in [0.15, 0.2) is 0 Å². The van der Waals surface area contributed by atoms with Gasteiger partial charge in [0.25, 0.3) is 0 Å². The first-order chi connectivity index (χ1) is 8.83. The van der Waals surface area contributed by atoms with E-state index in [1.54, 1.807) is 25.1 Å². The van der Waals surface area contributed by atoms with Crippen LogP contribution in [-0.2, 0) is 6.54 Å². The molecule has 0 saturated heterocycles. The molecule has 1 aromatic carbocycles. The van der Waals surface area contributed by atoms with Gasteiger partial charge in [0.1, 0.15) is 0 Å². The zero-order chi connectivity index (χ0) is 14.5. The maximum atomic E-state index is 12.5. The van der Waals surface area contributed by atoms with Gasteiger partial charge < -0.3 is 10.0 Å². The lowest BCUT2D eigenvalue weighted by molar-refractivity contribution is -0.147. The minimum Gasteiger partial charge on any atom is -0.423 e. The van der Waals surface area contributed by atoms with E-state index in [1.807, 2.05) is 0 Å². The molecule has 0 atom stereocenters. The Balaban J connectivity index is 2.84. The van der Waals surface area contributed by atoms with Crippen LogP contribution in [0.4, 0.5) is 13.2 Å². The van der Waals surface area contributed by atoms with Gasteiger partial charge in [-0.15, -0.1) is 0 Å². The van der Waals surface area contributed by atoms with Gasteiger partial charge in [0, 0.05) is 6.54 Å². The standard InChI is InChI=1S/C12H17BF3NO2/c1-2-7-17(9-12(14,15)16)8-10-5-3-4-6-11(10)13(18)19/h3-6,18-19H,2,7-9H2,1H3. The maximum absolute atomic E-state index is 12.5. The summed E-state index contributed by atoms with van der Waals surface area (Å²) in [5.41, 5.74) is 0.737. The van der Waals surface area contributed by atoms with E-state index in [-0.39, 0.29) is 12.0 Å². The van der Waals surface area contributed by atoms with Crippen LogP contribution in [0.25, 0.3) is 0 Å². The Bertz CT molecular complexity index is 399. The van der Waals surface area contributed by atoms with Gasteiger partial charge in [-0.1, -0.05) is 31.2 Å². The fourth-order valence-electron chi connectivity index (χ4n) is 1.95. The number of nitrogens with zero attached hydrogens (tertiary/aromatic N) is 1. The van der Waals surface area contributed by atoms with Crippen molar-refractivity contribution < 1.29 is 23.2 Å². The monoisotopic (exact) mass is 275 g/mol. The predicted octanol–water partition coefficient (Wildman–Crippen LogP) is 1.14. The van der Waals surface area contributed by atoms with Crippen molar-refractivity contribution in [1.29, 1.82) is 0 Å². The van der Waals surface area contributed by atoms with E-state index >= 15 is 0 Å². The van der Waals surface area contributed by atoms with E-state index in [0.29, 0.717) is 18.5 Å².